The van der Waals surface area contributed by atoms with Gasteiger partial charge in [-0.15, -0.1) is 0 Å². The highest BCUT2D eigenvalue weighted by molar-refractivity contribution is 5.89. The van der Waals surface area contributed by atoms with Gasteiger partial charge in [0, 0.05) is 17.8 Å². The highest BCUT2D eigenvalue weighted by atomic mass is 16.2. The predicted molar refractivity (Wildman–Crippen MR) is 94.6 cm³/mol. The van der Waals surface area contributed by atoms with Gasteiger partial charge >= 0.3 is 6.03 Å². The third-order valence-corrected chi connectivity index (χ3v) is 3.56. The minimum absolute atomic E-state index is 0.306. The molecule has 7 heteroatoms. The van der Waals surface area contributed by atoms with Gasteiger partial charge in [-0.3, -0.25) is 10.3 Å². The summed E-state index contributed by atoms with van der Waals surface area (Å²) in [4.78, 5) is 24.8. The van der Waals surface area contributed by atoms with E-state index in [1.165, 1.54) is 0 Å². The van der Waals surface area contributed by atoms with Gasteiger partial charge < -0.3 is 11.1 Å². The number of pyridine rings is 1. The first-order chi connectivity index (χ1) is 11.6. The zero-order valence-electron chi connectivity index (χ0n) is 13.5. The van der Waals surface area contributed by atoms with Crippen molar-refractivity contribution in [3.05, 3.63) is 42.1 Å². The normalized spacial score (nSPS) is 10.6. The summed E-state index contributed by atoms with van der Waals surface area (Å²) in [5.74, 6) is 0.420. The molecule has 0 aliphatic rings. The number of benzene rings is 1. The highest BCUT2D eigenvalue weighted by Gasteiger charge is 2.07. The van der Waals surface area contributed by atoms with Crippen LogP contribution in [-0.4, -0.2) is 27.5 Å². The number of fused-ring (bicyclic) bond motifs is 1. The van der Waals surface area contributed by atoms with E-state index < -0.39 is 0 Å². The number of nitrogens with one attached hydrogen (secondary N) is 2. The van der Waals surface area contributed by atoms with Crippen LogP contribution in [0.2, 0.25) is 0 Å². The van der Waals surface area contributed by atoms with Crippen LogP contribution in [0.1, 0.15) is 12.5 Å². The van der Waals surface area contributed by atoms with Crippen molar-refractivity contribution in [2.24, 2.45) is 0 Å². The van der Waals surface area contributed by atoms with Crippen LogP contribution in [-0.2, 0) is 0 Å². The number of urea groups is 1. The van der Waals surface area contributed by atoms with Crippen molar-refractivity contribution in [2.75, 3.05) is 17.6 Å². The molecule has 0 saturated carbocycles. The third-order valence-electron chi connectivity index (χ3n) is 3.56. The number of rotatable bonds is 3. The van der Waals surface area contributed by atoms with Crippen molar-refractivity contribution in [3.8, 4) is 11.3 Å². The van der Waals surface area contributed by atoms with Crippen LogP contribution < -0.4 is 16.4 Å². The number of aryl methyl sites for hydroxylation is 1. The Kier molecular flexibility index (Phi) is 4.24. The van der Waals surface area contributed by atoms with Crippen molar-refractivity contribution < 1.29 is 4.79 Å². The van der Waals surface area contributed by atoms with E-state index in [4.69, 9.17) is 5.73 Å². The summed E-state index contributed by atoms with van der Waals surface area (Å²) < 4.78 is 0. The fourth-order valence-corrected chi connectivity index (χ4v) is 2.23. The van der Waals surface area contributed by atoms with E-state index in [0.717, 1.165) is 11.1 Å². The fraction of sp³-hybridized carbons (Fsp3) is 0.176. The Labute approximate surface area is 139 Å². The number of nitrogens with two attached hydrogens (primary N) is 1. The van der Waals surface area contributed by atoms with Gasteiger partial charge in [0.25, 0.3) is 0 Å². The maximum Gasteiger partial charge on any atom is 0.320 e. The third kappa shape index (κ3) is 3.24. The van der Waals surface area contributed by atoms with E-state index in [9.17, 15) is 4.79 Å². The maximum atomic E-state index is 11.6. The van der Waals surface area contributed by atoms with Gasteiger partial charge in [-0.25, -0.2) is 14.8 Å². The first-order valence-corrected chi connectivity index (χ1v) is 7.62. The molecule has 0 aliphatic heterocycles. The van der Waals surface area contributed by atoms with E-state index >= 15 is 0 Å². The first-order valence-electron chi connectivity index (χ1n) is 7.62. The molecule has 0 radical (unpaired) electrons. The van der Waals surface area contributed by atoms with Gasteiger partial charge in [-0.2, -0.15) is 0 Å². The van der Waals surface area contributed by atoms with Gasteiger partial charge in [-0.05, 0) is 37.6 Å². The lowest BCUT2D eigenvalue weighted by Gasteiger charge is -2.07. The number of hydrogen-bond acceptors (Lipinski definition) is 5. The molecule has 0 aliphatic carbocycles. The molecule has 0 atom stereocenters. The Morgan fingerprint density at radius 1 is 1.21 bits per heavy atom. The number of carbonyl (C=O) groups excluding carboxylic acids is 1. The number of hydrogen-bond donors (Lipinski definition) is 3. The van der Waals surface area contributed by atoms with Crippen LogP contribution in [0, 0.1) is 6.92 Å². The van der Waals surface area contributed by atoms with Gasteiger partial charge in [0.15, 0.2) is 5.65 Å². The molecular weight excluding hydrogens is 304 g/mol. The summed E-state index contributed by atoms with van der Waals surface area (Å²) in [5.41, 5.74) is 10.3. The van der Waals surface area contributed by atoms with E-state index in [1.807, 2.05) is 32.0 Å². The number of anilines is 2. The fourth-order valence-electron chi connectivity index (χ4n) is 2.23. The molecule has 2 heterocycles. The predicted octanol–water partition coefficient (Wildman–Crippen LogP) is 2.72. The Balaban J connectivity index is 1.96. The summed E-state index contributed by atoms with van der Waals surface area (Å²) >= 11 is 0. The zero-order chi connectivity index (χ0) is 17.1. The molecule has 24 heavy (non-hydrogen) atoms. The molecule has 0 spiro atoms. The summed E-state index contributed by atoms with van der Waals surface area (Å²) in [6.45, 7) is 4.34. The van der Waals surface area contributed by atoms with Crippen molar-refractivity contribution in [1.29, 1.82) is 0 Å². The van der Waals surface area contributed by atoms with Crippen LogP contribution in [0.3, 0.4) is 0 Å². The number of amides is 2. The van der Waals surface area contributed by atoms with Crippen LogP contribution in [0.4, 0.5) is 16.3 Å². The van der Waals surface area contributed by atoms with Crippen molar-refractivity contribution >= 4 is 28.7 Å². The summed E-state index contributed by atoms with van der Waals surface area (Å²) in [5, 5.41) is 5.31. The average molecular weight is 322 g/mol. The van der Waals surface area contributed by atoms with Crippen LogP contribution in [0.15, 0.2) is 36.5 Å². The van der Waals surface area contributed by atoms with Crippen LogP contribution >= 0.6 is 0 Å². The molecule has 3 aromatic rings. The zero-order valence-corrected chi connectivity index (χ0v) is 13.5. The number of nitrogen functional groups attached to an aromatic ring is 1. The molecular formula is C17H18N6O. The largest absolute Gasteiger partial charge is 0.398 e. The standard InChI is InChI=1S/C17H18N6O/c1-3-19-17(24)23-15-7-6-13-16(22-15)21-14(9-20-13)11-5-4-10(2)12(18)8-11/h4-9H,3,18H2,1-2H3,(H2,19,21,22,23,24). The summed E-state index contributed by atoms with van der Waals surface area (Å²) in [7, 11) is 0. The Bertz CT molecular complexity index is 909. The molecule has 0 unspecified atom stereocenters. The molecule has 4 N–H and O–H groups in total. The number of aromatic nitrogens is 3. The second kappa shape index (κ2) is 6.49. The average Bonchev–Trinajstić information content (AvgIpc) is 2.57. The molecule has 2 aromatic heterocycles. The van der Waals surface area contributed by atoms with Crippen molar-refractivity contribution in [3.63, 3.8) is 0 Å². The second-order valence-corrected chi connectivity index (χ2v) is 5.35. The molecule has 1 aromatic carbocycles. The molecule has 0 fully saturated rings. The summed E-state index contributed by atoms with van der Waals surface area (Å²) in [6.07, 6.45) is 1.69. The van der Waals surface area contributed by atoms with E-state index in [2.05, 4.69) is 25.6 Å². The molecule has 2 amide bonds. The van der Waals surface area contributed by atoms with Gasteiger partial charge in [0.1, 0.15) is 11.3 Å². The van der Waals surface area contributed by atoms with Gasteiger partial charge in [-0.1, -0.05) is 12.1 Å². The Hall–Kier alpha value is -3.22. The quantitative estimate of drug-likeness (QED) is 0.643. The molecule has 122 valence electrons. The van der Waals surface area contributed by atoms with Gasteiger partial charge in [0.2, 0.25) is 0 Å². The summed E-state index contributed by atoms with van der Waals surface area (Å²) in [6, 6.07) is 8.90. The van der Waals surface area contributed by atoms with Crippen molar-refractivity contribution in [1.82, 2.24) is 20.3 Å². The van der Waals surface area contributed by atoms with Crippen LogP contribution in [0.5, 0.6) is 0 Å². The molecule has 0 saturated heterocycles. The maximum absolute atomic E-state index is 11.6. The van der Waals surface area contributed by atoms with E-state index in [-0.39, 0.29) is 6.03 Å². The lowest BCUT2D eigenvalue weighted by Crippen LogP contribution is -2.28. The monoisotopic (exact) mass is 322 g/mol. The Morgan fingerprint density at radius 3 is 2.79 bits per heavy atom. The first kappa shape index (κ1) is 15.7. The highest BCUT2D eigenvalue weighted by Crippen LogP contribution is 2.23. The molecule has 0 bridgehead atoms. The van der Waals surface area contributed by atoms with Crippen LogP contribution in [0.25, 0.3) is 22.4 Å². The topological polar surface area (TPSA) is 106 Å². The number of carbonyl (C=O) groups is 1. The minimum Gasteiger partial charge on any atom is -0.398 e. The lowest BCUT2D eigenvalue weighted by atomic mass is 10.1. The van der Waals surface area contributed by atoms with E-state index in [0.29, 0.717) is 34.9 Å². The van der Waals surface area contributed by atoms with Crippen molar-refractivity contribution in [2.45, 2.75) is 13.8 Å². The van der Waals surface area contributed by atoms with E-state index in [1.54, 1.807) is 18.3 Å². The lowest BCUT2D eigenvalue weighted by molar-refractivity contribution is 0.252. The van der Waals surface area contributed by atoms with Gasteiger partial charge in [0.05, 0.1) is 11.9 Å². The second-order valence-electron chi connectivity index (χ2n) is 5.35. The minimum atomic E-state index is -0.306. The molecule has 3 rings (SSSR count). The SMILES string of the molecule is CCNC(=O)Nc1ccc2ncc(-c3ccc(C)c(N)c3)nc2n1. The molecule has 7 nitrogen and oxygen atoms in total. The smallest absolute Gasteiger partial charge is 0.320 e. The number of nitrogens with zero attached hydrogens (tertiary/aromatic N) is 3. The Morgan fingerprint density at radius 2 is 2.04 bits per heavy atom.